The minimum Gasteiger partial charge on any atom is -0.462 e. The topological polar surface area (TPSA) is 44.1 Å². The molecule has 0 fully saturated rings. The van der Waals surface area contributed by atoms with Crippen molar-refractivity contribution in [2.75, 3.05) is 6.61 Å². The van der Waals surface area contributed by atoms with Gasteiger partial charge in [-0.15, -0.1) is 0 Å². The highest BCUT2D eigenvalue weighted by atomic mass is 35.5. The normalized spacial score (nSPS) is 10.8. The van der Waals surface area contributed by atoms with Gasteiger partial charge in [0.25, 0.3) is 6.43 Å². The van der Waals surface area contributed by atoms with Crippen LogP contribution in [-0.2, 0) is 4.74 Å². The summed E-state index contributed by atoms with van der Waals surface area (Å²) >= 11 is 5.96. The molecule has 0 aliphatic carbocycles. The van der Waals surface area contributed by atoms with E-state index in [2.05, 4.69) is 5.10 Å². The Bertz CT molecular complexity index is 629. The van der Waals surface area contributed by atoms with E-state index >= 15 is 0 Å². The molecule has 0 saturated carbocycles. The summed E-state index contributed by atoms with van der Waals surface area (Å²) < 4.78 is 32.2. The number of carbonyl (C=O) groups excluding carboxylic acids is 1. The van der Waals surface area contributed by atoms with Gasteiger partial charge in [0.05, 0.1) is 23.5 Å². The monoisotopic (exact) mass is 300 g/mol. The first-order valence-electron chi connectivity index (χ1n) is 5.84. The first-order valence-corrected chi connectivity index (χ1v) is 6.22. The Labute approximate surface area is 118 Å². The summed E-state index contributed by atoms with van der Waals surface area (Å²) in [4.78, 5) is 11.7. The van der Waals surface area contributed by atoms with E-state index in [1.54, 1.807) is 25.1 Å². The fourth-order valence-electron chi connectivity index (χ4n) is 1.75. The Kier molecular flexibility index (Phi) is 4.34. The zero-order valence-electron chi connectivity index (χ0n) is 10.5. The molecular formula is C13H11ClF2N2O2. The molecule has 0 spiro atoms. The average Bonchev–Trinajstić information content (AvgIpc) is 2.84. The standard InChI is InChI=1S/C13H11ClF2N2O2/c1-2-20-13(19)8-7-17-18(11(8)12(15)16)10-6-4-3-5-9(10)14/h3-7,12H,2H2,1H3. The number of benzene rings is 1. The van der Waals surface area contributed by atoms with Gasteiger partial charge in [0.15, 0.2) is 0 Å². The number of halogens is 3. The molecule has 1 heterocycles. The lowest BCUT2D eigenvalue weighted by Gasteiger charge is -2.09. The molecule has 2 aromatic rings. The van der Waals surface area contributed by atoms with E-state index in [9.17, 15) is 13.6 Å². The lowest BCUT2D eigenvalue weighted by atomic mass is 10.2. The number of alkyl halides is 2. The number of esters is 1. The summed E-state index contributed by atoms with van der Waals surface area (Å²) in [5, 5.41) is 4.08. The summed E-state index contributed by atoms with van der Waals surface area (Å²) in [6.07, 6.45) is -1.82. The zero-order valence-corrected chi connectivity index (χ0v) is 11.3. The summed E-state index contributed by atoms with van der Waals surface area (Å²) in [6, 6.07) is 6.40. The highest BCUT2D eigenvalue weighted by Gasteiger charge is 2.26. The molecule has 0 amide bonds. The lowest BCUT2D eigenvalue weighted by Crippen LogP contribution is -2.10. The Morgan fingerprint density at radius 1 is 1.45 bits per heavy atom. The molecule has 0 aliphatic rings. The molecule has 0 N–H and O–H groups in total. The smallest absolute Gasteiger partial charge is 0.341 e. The molecule has 0 radical (unpaired) electrons. The molecular weight excluding hydrogens is 290 g/mol. The third kappa shape index (κ3) is 2.65. The first kappa shape index (κ1) is 14.5. The van der Waals surface area contributed by atoms with E-state index in [1.165, 1.54) is 6.07 Å². The number of hydrogen-bond donors (Lipinski definition) is 0. The van der Waals surface area contributed by atoms with Crippen LogP contribution in [0.3, 0.4) is 0 Å². The highest BCUT2D eigenvalue weighted by molar-refractivity contribution is 6.32. The van der Waals surface area contributed by atoms with Crippen molar-refractivity contribution in [2.24, 2.45) is 0 Å². The Morgan fingerprint density at radius 3 is 2.75 bits per heavy atom. The zero-order chi connectivity index (χ0) is 14.7. The van der Waals surface area contributed by atoms with E-state index in [1.807, 2.05) is 0 Å². The van der Waals surface area contributed by atoms with Gasteiger partial charge in [0.1, 0.15) is 11.3 Å². The average molecular weight is 301 g/mol. The number of nitrogens with zero attached hydrogens (tertiary/aromatic N) is 2. The third-order valence-corrected chi connectivity index (χ3v) is 2.91. The SMILES string of the molecule is CCOC(=O)c1cnn(-c2ccccc2Cl)c1C(F)F. The highest BCUT2D eigenvalue weighted by Crippen LogP contribution is 2.29. The van der Waals surface area contributed by atoms with Crippen molar-refractivity contribution in [2.45, 2.75) is 13.3 Å². The first-order chi connectivity index (χ1) is 9.56. The summed E-state index contributed by atoms with van der Waals surface area (Å²) in [7, 11) is 0. The number of hydrogen-bond acceptors (Lipinski definition) is 3. The molecule has 0 atom stereocenters. The van der Waals surface area contributed by atoms with Crippen molar-refractivity contribution in [1.29, 1.82) is 0 Å². The van der Waals surface area contributed by atoms with Gasteiger partial charge in [-0.05, 0) is 19.1 Å². The van der Waals surface area contributed by atoms with Crippen LogP contribution in [0.4, 0.5) is 8.78 Å². The lowest BCUT2D eigenvalue weighted by molar-refractivity contribution is 0.0514. The number of aromatic nitrogens is 2. The van der Waals surface area contributed by atoms with Gasteiger partial charge in [-0.1, -0.05) is 23.7 Å². The van der Waals surface area contributed by atoms with Crippen LogP contribution in [0.15, 0.2) is 30.5 Å². The number of para-hydroxylation sites is 1. The summed E-state index contributed by atoms with van der Waals surface area (Å²) in [6.45, 7) is 1.69. The van der Waals surface area contributed by atoms with Gasteiger partial charge in [0, 0.05) is 0 Å². The second kappa shape index (κ2) is 6.00. The van der Waals surface area contributed by atoms with Gasteiger partial charge in [0.2, 0.25) is 0 Å². The van der Waals surface area contributed by atoms with E-state index in [0.717, 1.165) is 10.9 Å². The van der Waals surface area contributed by atoms with Crippen molar-refractivity contribution >= 4 is 17.6 Å². The van der Waals surface area contributed by atoms with Crippen molar-refractivity contribution in [3.63, 3.8) is 0 Å². The molecule has 1 aromatic carbocycles. The fourth-order valence-corrected chi connectivity index (χ4v) is 1.97. The number of rotatable bonds is 4. The van der Waals surface area contributed by atoms with Gasteiger partial charge in [-0.3, -0.25) is 0 Å². The van der Waals surface area contributed by atoms with Crippen LogP contribution in [0.5, 0.6) is 0 Å². The Balaban J connectivity index is 2.56. The summed E-state index contributed by atoms with van der Waals surface area (Å²) in [5.74, 6) is -0.832. The van der Waals surface area contributed by atoms with Crippen LogP contribution >= 0.6 is 11.6 Å². The third-order valence-electron chi connectivity index (χ3n) is 2.59. The molecule has 20 heavy (non-hydrogen) atoms. The van der Waals surface area contributed by atoms with E-state index in [0.29, 0.717) is 0 Å². The largest absolute Gasteiger partial charge is 0.462 e. The van der Waals surface area contributed by atoms with Crippen molar-refractivity contribution in [3.8, 4) is 5.69 Å². The van der Waals surface area contributed by atoms with Crippen molar-refractivity contribution < 1.29 is 18.3 Å². The number of ether oxygens (including phenoxy) is 1. The van der Waals surface area contributed by atoms with Crippen LogP contribution in [0.2, 0.25) is 5.02 Å². The van der Waals surface area contributed by atoms with Crippen LogP contribution in [-0.4, -0.2) is 22.4 Å². The molecule has 0 saturated heterocycles. The number of carbonyl (C=O) groups is 1. The van der Waals surface area contributed by atoms with Crippen LogP contribution < -0.4 is 0 Å². The second-order valence-electron chi connectivity index (χ2n) is 3.83. The molecule has 1 aromatic heterocycles. The van der Waals surface area contributed by atoms with Crippen LogP contribution in [0.1, 0.15) is 29.4 Å². The maximum atomic E-state index is 13.2. The quantitative estimate of drug-likeness (QED) is 0.810. The molecule has 0 unspecified atom stereocenters. The van der Waals surface area contributed by atoms with Crippen molar-refractivity contribution in [3.05, 3.63) is 46.7 Å². The minimum absolute atomic E-state index is 0.0960. The predicted molar refractivity (Wildman–Crippen MR) is 69.5 cm³/mol. The van der Waals surface area contributed by atoms with Crippen LogP contribution in [0, 0.1) is 0 Å². The van der Waals surface area contributed by atoms with Gasteiger partial charge in [-0.25, -0.2) is 18.3 Å². The van der Waals surface area contributed by atoms with E-state index in [4.69, 9.17) is 16.3 Å². The Morgan fingerprint density at radius 2 is 2.15 bits per heavy atom. The Hall–Kier alpha value is -1.95. The van der Waals surface area contributed by atoms with Gasteiger partial charge in [-0.2, -0.15) is 5.10 Å². The maximum Gasteiger partial charge on any atom is 0.341 e. The van der Waals surface area contributed by atoms with E-state index in [-0.39, 0.29) is 22.9 Å². The fraction of sp³-hybridized carbons (Fsp3) is 0.231. The molecule has 4 nitrogen and oxygen atoms in total. The maximum absolute atomic E-state index is 13.2. The van der Waals surface area contributed by atoms with Crippen molar-refractivity contribution in [1.82, 2.24) is 9.78 Å². The molecule has 0 bridgehead atoms. The van der Waals surface area contributed by atoms with Gasteiger partial charge >= 0.3 is 5.97 Å². The predicted octanol–water partition coefficient (Wildman–Crippen LogP) is 3.64. The molecule has 106 valence electrons. The van der Waals surface area contributed by atoms with Gasteiger partial charge < -0.3 is 4.74 Å². The summed E-state index contributed by atoms with van der Waals surface area (Å²) in [5.41, 5.74) is -0.515. The molecule has 7 heteroatoms. The van der Waals surface area contributed by atoms with E-state index < -0.39 is 18.1 Å². The second-order valence-corrected chi connectivity index (χ2v) is 4.24. The molecule has 0 aliphatic heterocycles. The van der Waals surface area contributed by atoms with Crippen LogP contribution in [0.25, 0.3) is 5.69 Å². The minimum atomic E-state index is -2.88. The molecule has 2 rings (SSSR count).